The highest BCUT2D eigenvalue weighted by atomic mass is 19.1. The highest BCUT2D eigenvalue weighted by Gasteiger charge is 2.40. The minimum absolute atomic E-state index is 0.0423. The molecule has 0 spiro atoms. The van der Waals surface area contributed by atoms with Gasteiger partial charge >= 0.3 is 12.2 Å². The fourth-order valence-corrected chi connectivity index (χ4v) is 5.53. The van der Waals surface area contributed by atoms with Crippen LogP contribution in [0.25, 0.3) is 0 Å². The van der Waals surface area contributed by atoms with Gasteiger partial charge in [0.05, 0.1) is 24.4 Å². The van der Waals surface area contributed by atoms with E-state index < -0.39 is 18.1 Å². The normalized spacial score (nSPS) is 17.8. The van der Waals surface area contributed by atoms with E-state index in [0.717, 1.165) is 11.1 Å². The molecular weight excluding hydrogens is 606 g/mol. The van der Waals surface area contributed by atoms with Crippen molar-refractivity contribution in [1.29, 1.82) is 0 Å². The zero-order chi connectivity index (χ0) is 33.3. The summed E-state index contributed by atoms with van der Waals surface area (Å²) in [6.45, 7) is 2.10. The summed E-state index contributed by atoms with van der Waals surface area (Å²) < 4.78 is 36.1. The predicted molar refractivity (Wildman–Crippen MR) is 169 cm³/mol. The van der Waals surface area contributed by atoms with Gasteiger partial charge in [0.15, 0.2) is 0 Å². The molecule has 0 saturated carbocycles. The number of cyclic esters (lactones) is 2. The van der Waals surface area contributed by atoms with Crippen molar-refractivity contribution in [2.75, 3.05) is 13.2 Å². The van der Waals surface area contributed by atoms with Crippen molar-refractivity contribution in [3.05, 3.63) is 143 Å². The Morgan fingerprint density at radius 2 is 1.11 bits per heavy atom. The number of amides is 4. The molecule has 0 aliphatic carbocycles. The molecule has 8 nitrogen and oxygen atoms in total. The minimum Gasteiger partial charge on any atom is -0.447 e. The van der Waals surface area contributed by atoms with Gasteiger partial charge in [-0.25, -0.2) is 28.2 Å². The fourth-order valence-electron chi connectivity index (χ4n) is 5.53. The Morgan fingerprint density at radius 3 is 1.62 bits per heavy atom. The Bertz CT molecular complexity index is 1680. The topological polar surface area (TPSA) is 93.2 Å². The number of carbonyl (C=O) groups excluding carboxylic acids is 4. The van der Waals surface area contributed by atoms with Crippen LogP contribution in [0.1, 0.15) is 35.1 Å². The first-order valence-electron chi connectivity index (χ1n) is 15.3. The number of imide groups is 2. The van der Waals surface area contributed by atoms with E-state index in [2.05, 4.69) is 0 Å². The van der Waals surface area contributed by atoms with Crippen molar-refractivity contribution in [3.63, 3.8) is 0 Å². The third kappa shape index (κ3) is 8.46. The monoisotopic (exact) mass is 640 g/mol. The average molecular weight is 641 g/mol. The molecule has 47 heavy (non-hydrogen) atoms. The lowest BCUT2D eigenvalue weighted by molar-refractivity contribution is -0.130. The second kappa shape index (κ2) is 15.3. The van der Waals surface area contributed by atoms with E-state index in [9.17, 15) is 28.0 Å². The Balaban J connectivity index is 0.000000185. The molecule has 2 saturated heterocycles. The van der Waals surface area contributed by atoms with Crippen molar-refractivity contribution >= 4 is 24.0 Å². The summed E-state index contributed by atoms with van der Waals surface area (Å²) >= 11 is 0. The van der Waals surface area contributed by atoms with Crippen molar-refractivity contribution in [3.8, 4) is 0 Å². The number of carbonyl (C=O) groups is 4. The highest BCUT2D eigenvalue weighted by molar-refractivity contribution is 5.97. The van der Waals surface area contributed by atoms with E-state index in [0.29, 0.717) is 24.0 Å². The van der Waals surface area contributed by atoms with E-state index in [1.165, 1.54) is 34.1 Å². The molecule has 0 unspecified atom stereocenters. The Kier molecular flexibility index (Phi) is 10.7. The molecule has 4 aromatic carbocycles. The summed E-state index contributed by atoms with van der Waals surface area (Å²) in [5.41, 5.74) is 3.40. The van der Waals surface area contributed by atoms with Crippen molar-refractivity contribution < 1.29 is 37.4 Å². The Morgan fingerprint density at radius 1 is 0.660 bits per heavy atom. The maximum absolute atomic E-state index is 13.0. The molecule has 6 rings (SSSR count). The molecule has 2 aliphatic heterocycles. The van der Waals surface area contributed by atoms with Crippen molar-refractivity contribution in [2.24, 2.45) is 0 Å². The second-order valence-corrected chi connectivity index (χ2v) is 11.4. The van der Waals surface area contributed by atoms with Crippen LogP contribution in [0.4, 0.5) is 18.4 Å². The van der Waals surface area contributed by atoms with E-state index in [-0.39, 0.29) is 55.2 Å². The van der Waals surface area contributed by atoms with Gasteiger partial charge in [-0.05, 0) is 66.3 Å². The van der Waals surface area contributed by atoms with Gasteiger partial charge in [-0.1, -0.05) is 84.9 Å². The maximum Gasteiger partial charge on any atom is 0.417 e. The Hall–Kier alpha value is -5.38. The zero-order valence-electron chi connectivity index (χ0n) is 25.8. The van der Waals surface area contributed by atoms with E-state index in [4.69, 9.17) is 9.47 Å². The number of ether oxygens (including phenoxy) is 2. The summed E-state index contributed by atoms with van der Waals surface area (Å²) in [6, 6.07) is 30.1. The average Bonchev–Trinajstić information content (AvgIpc) is 3.63. The molecule has 4 amide bonds. The van der Waals surface area contributed by atoms with Crippen LogP contribution in [0.2, 0.25) is 0 Å². The number of hydrogen-bond donors (Lipinski definition) is 0. The molecule has 0 radical (unpaired) electrons. The molecule has 3 atom stereocenters. The maximum atomic E-state index is 13.0. The fraction of sp³-hybridized carbons (Fsp3) is 0.243. The van der Waals surface area contributed by atoms with Gasteiger partial charge < -0.3 is 9.47 Å². The summed E-state index contributed by atoms with van der Waals surface area (Å²) in [5.74, 6) is -1.93. The molecule has 2 fully saturated rings. The van der Waals surface area contributed by atoms with Gasteiger partial charge in [0.25, 0.3) is 0 Å². The number of hydrogen-bond acceptors (Lipinski definition) is 6. The predicted octanol–water partition coefficient (Wildman–Crippen LogP) is 6.48. The lowest BCUT2D eigenvalue weighted by Gasteiger charge is -2.23. The van der Waals surface area contributed by atoms with Crippen LogP contribution in [0.15, 0.2) is 109 Å². The zero-order valence-corrected chi connectivity index (χ0v) is 25.8. The highest BCUT2D eigenvalue weighted by Crippen LogP contribution is 2.25. The smallest absolute Gasteiger partial charge is 0.417 e. The van der Waals surface area contributed by atoms with E-state index in [1.807, 2.05) is 60.7 Å². The van der Waals surface area contributed by atoms with Gasteiger partial charge in [0, 0.05) is 0 Å². The largest absolute Gasteiger partial charge is 0.447 e. The minimum atomic E-state index is -0.616. The van der Waals surface area contributed by atoms with Crippen LogP contribution in [0.3, 0.4) is 0 Å². The van der Waals surface area contributed by atoms with Crippen LogP contribution in [-0.4, -0.2) is 59.1 Å². The Labute approximate surface area is 271 Å². The first-order valence-corrected chi connectivity index (χ1v) is 15.3. The first kappa shape index (κ1) is 33.0. The molecule has 0 bridgehead atoms. The summed E-state index contributed by atoms with van der Waals surface area (Å²) in [5, 5.41) is 0. The van der Waals surface area contributed by atoms with Gasteiger partial charge in [0.2, 0.25) is 11.8 Å². The van der Waals surface area contributed by atoms with Crippen LogP contribution >= 0.6 is 0 Å². The number of rotatable bonds is 8. The molecule has 0 N–H and O–H groups in total. The molecule has 0 aromatic heterocycles. The lowest BCUT2D eigenvalue weighted by Crippen LogP contribution is -2.42. The summed E-state index contributed by atoms with van der Waals surface area (Å²) in [7, 11) is 0. The van der Waals surface area contributed by atoms with Crippen LogP contribution in [0.5, 0.6) is 0 Å². The summed E-state index contributed by atoms with van der Waals surface area (Å²) in [4.78, 5) is 51.5. The number of benzene rings is 4. The standard InChI is InChI=1S/C19H18FNO3.C18H16FNO3/c1-13(15-7-9-16(20)10-8-15)18(22)21-17(12-24-19(21)23)11-14-5-3-2-4-6-14;19-15-8-6-14(7-9-15)11-17(21)20-16(12-23-18(20)22)10-13-4-2-1-3-5-13/h2-10,13,17H,11-12H2,1H3;1-9,16H,10-12H2/t13-,17-;16-/m00/s1. The van der Waals surface area contributed by atoms with Crippen molar-refractivity contribution in [1.82, 2.24) is 9.80 Å². The van der Waals surface area contributed by atoms with Gasteiger partial charge in [-0.3, -0.25) is 9.59 Å². The molecule has 2 heterocycles. The molecule has 4 aromatic rings. The van der Waals surface area contributed by atoms with Crippen molar-refractivity contribution in [2.45, 2.75) is 44.2 Å². The van der Waals surface area contributed by atoms with E-state index in [1.54, 1.807) is 31.2 Å². The summed E-state index contributed by atoms with van der Waals surface area (Å²) in [6.07, 6.45) is -0.0791. The molecule has 2 aliphatic rings. The van der Waals surface area contributed by atoms with Crippen LogP contribution < -0.4 is 0 Å². The molecule has 10 heteroatoms. The quantitative estimate of drug-likeness (QED) is 0.219. The van der Waals surface area contributed by atoms with E-state index >= 15 is 0 Å². The van der Waals surface area contributed by atoms with Gasteiger partial charge in [-0.15, -0.1) is 0 Å². The molecule has 242 valence electrons. The number of halogens is 2. The second-order valence-electron chi connectivity index (χ2n) is 11.4. The lowest BCUT2D eigenvalue weighted by atomic mass is 9.98. The van der Waals surface area contributed by atoms with Crippen LogP contribution in [0, 0.1) is 11.6 Å². The third-order valence-electron chi connectivity index (χ3n) is 8.07. The van der Waals surface area contributed by atoms with Crippen LogP contribution in [-0.2, 0) is 38.3 Å². The third-order valence-corrected chi connectivity index (χ3v) is 8.07. The van der Waals surface area contributed by atoms with Gasteiger partial charge in [0.1, 0.15) is 24.8 Å². The SMILES string of the molecule is C[C@H](C(=O)N1C(=O)OC[C@@H]1Cc1ccccc1)c1ccc(F)cc1.O=C(Cc1ccc(F)cc1)N1C(=O)OC[C@@H]1Cc1ccccc1. The number of nitrogens with zero attached hydrogens (tertiary/aromatic N) is 2. The van der Waals surface area contributed by atoms with Gasteiger partial charge in [-0.2, -0.15) is 0 Å². The molecular formula is C37H34F2N2O6. The first-order chi connectivity index (χ1) is 22.7.